The topological polar surface area (TPSA) is 64.6 Å². The van der Waals surface area contributed by atoms with Crippen molar-refractivity contribution < 1.29 is 19.1 Å². The molecule has 21 heavy (non-hydrogen) atoms. The van der Waals surface area contributed by atoms with Crippen molar-refractivity contribution in [3.63, 3.8) is 0 Å². The number of hydrogen-bond acceptors (Lipinski definition) is 4. The van der Waals surface area contributed by atoms with Crippen LogP contribution in [0.5, 0.6) is 5.75 Å². The van der Waals surface area contributed by atoms with Gasteiger partial charge in [0.25, 0.3) is 0 Å². The third kappa shape index (κ3) is 4.07. The van der Waals surface area contributed by atoms with E-state index in [1.807, 2.05) is 6.07 Å². The average molecular weight is 285 g/mol. The number of nitrogens with one attached hydrogen (secondary N) is 1. The summed E-state index contributed by atoms with van der Waals surface area (Å²) in [7, 11) is 0. The van der Waals surface area contributed by atoms with E-state index >= 15 is 0 Å². The van der Waals surface area contributed by atoms with E-state index in [9.17, 15) is 9.59 Å². The first-order valence-electron chi connectivity index (χ1n) is 6.50. The molecule has 2 aromatic rings. The summed E-state index contributed by atoms with van der Waals surface area (Å²) in [6, 6.07) is 15.3. The fourth-order valence-corrected chi connectivity index (χ4v) is 1.70. The lowest BCUT2D eigenvalue weighted by molar-refractivity contribution is 0.0523. The molecule has 0 atom stereocenters. The molecule has 0 aliphatic rings. The minimum Gasteiger partial charge on any atom is -0.462 e. The van der Waals surface area contributed by atoms with Gasteiger partial charge >= 0.3 is 12.1 Å². The fraction of sp³-hybridized carbons (Fsp3) is 0.125. The van der Waals surface area contributed by atoms with E-state index < -0.39 is 12.1 Å². The smallest absolute Gasteiger partial charge is 0.417 e. The van der Waals surface area contributed by atoms with Crippen molar-refractivity contribution in [2.75, 3.05) is 11.9 Å². The van der Waals surface area contributed by atoms with Crippen LogP contribution in [0.1, 0.15) is 17.3 Å². The van der Waals surface area contributed by atoms with E-state index in [1.54, 1.807) is 49.4 Å². The summed E-state index contributed by atoms with van der Waals surface area (Å²) < 4.78 is 10.1. The molecule has 2 rings (SSSR count). The first kappa shape index (κ1) is 14.6. The lowest BCUT2D eigenvalue weighted by Crippen LogP contribution is -2.18. The van der Waals surface area contributed by atoms with Gasteiger partial charge in [0.1, 0.15) is 11.3 Å². The summed E-state index contributed by atoms with van der Waals surface area (Å²) >= 11 is 0. The van der Waals surface area contributed by atoms with Gasteiger partial charge in [-0.3, -0.25) is 5.32 Å². The molecule has 0 unspecified atom stereocenters. The zero-order valence-corrected chi connectivity index (χ0v) is 11.5. The number of carbonyl (C=O) groups is 2. The first-order valence-corrected chi connectivity index (χ1v) is 6.50. The van der Waals surface area contributed by atoms with Crippen LogP contribution in [0.3, 0.4) is 0 Å². The van der Waals surface area contributed by atoms with E-state index in [-0.39, 0.29) is 17.9 Å². The maximum atomic E-state index is 11.8. The van der Waals surface area contributed by atoms with Gasteiger partial charge in [-0.2, -0.15) is 0 Å². The summed E-state index contributed by atoms with van der Waals surface area (Å²) in [5.41, 5.74) is 0.818. The molecular formula is C16H15NO4. The lowest BCUT2D eigenvalue weighted by atomic mass is 10.2. The van der Waals surface area contributed by atoms with Crippen molar-refractivity contribution in [3.8, 4) is 5.75 Å². The molecule has 0 saturated carbocycles. The van der Waals surface area contributed by atoms with Crippen molar-refractivity contribution >= 4 is 17.7 Å². The van der Waals surface area contributed by atoms with E-state index in [0.717, 1.165) is 0 Å². The van der Waals surface area contributed by atoms with Gasteiger partial charge in [0.2, 0.25) is 0 Å². The van der Waals surface area contributed by atoms with Crippen LogP contribution in [-0.4, -0.2) is 18.7 Å². The predicted octanol–water partition coefficient (Wildman–Crippen LogP) is 3.47. The molecule has 108 valence electrons. The highest BCUT2D eigenvalue weighted by Gasteiger charge is 2.15. The first-order chi connectivity index (χ1) is 10.2. The number of ether oxygens (including phenoxy) is 2. The highest BCUT2D eigenvalue weighted by molar-refractivity contribution is 5.94. The molecule has 0 aliphatic carbocycles. The van der Waals surface area contributed by atoms with Gasteiger partial charge in [-0.05, 0) is 31.2 Å². The Labute approximate surface area is 122 Å². The van der Waals surface area contributed by atoms with Gasteiger partial charge in [0.05, 0.1) is 6.61 Å². The van der Waals surface area contributed by atoms with Crippen LogP contribution in [0.2, 0.25) is 0 Å². The van der Waals surface area contributed by atoms with Gasteiger partial charge < -0.3 is 9.47 Å². The van der Waals surface area contributed by atoms with E-state index in [1.165, 1.54) is 6.07 Å². The Morgan fingerprint density at radius 2 is 1.67 bits per heavy atom. The third-order valence-corrected chi connectivity index (χ3v) is 2.61. The van der Waals surface area contributed by atoms with E-state index in [0.29, 0.717) is 5.69 Å². The quantitative estimate of drug-likeness (QED) is 0.873. The number of esters is 1. The zero-order chi connectivity index (χ0) is 15.1. The standard InChI is InChI=1S/C16H15NO4/c1-2-20-15(18)13-10-6-7-11-14(13)21-16(19)17-12-8-4-3-5-9-12/h3-11H,2H2,1H3,(H,17,19). The molecule has 0 radical (unpaired) electrons. The number of anilines is 1. The van der Waals surface area contributed by atoms with E-state index in [4.69, 9.17) is 9.47 Å². The number of amides is 1. The Morgan fingerprint density at radius 1 is 1.00 bits per heavy atom. The minimum absolute atomic E-state index is 0.157. The average Bonchev–Trinajstić information content (AvgIpc) is 2.49. The predicted molar refractivity (Wildman–Crippen MR) is 78.5 cm³/mol. The number of rotatable bonds is 4. The van der Waals surface area contributed by atoms with Crippen molar-refractivity contribution in [2.45, 2.75) is 6.92 Å². The molecule has 0 bridgehead atoms. The number of benzene rings is 2. The number of carbonyl (C=O) groups excluding carboxylic acids is 2. The molecule has 0 heterocycles. The van der Waals surface area contributed by atoms with Crippen molar-refractivity contribution in [3.05, 3.63) is 60.2 Å². The summed E-state index contributed by atoms with van der Waals surface area (Å²) in [4.78, 5) is 23.6. The monoisotopic (exact) mass is 285 g/mol. The third-order valence-electron chi connectivity index (χ3n) is 2.61. The summed E-state index contributed by atoms with van der Waals surface area (Å²) in [5, 5.41) is 2.58. The Balaban J connectivity index is 2.09. The van der Waals surface area contributed by atoms with Gasteiger partial charge in [-0.25, -0.2) is 9.59 Å². The van der Waals surface area contributed by atoms with Crippen LogP contribution in [0.15, 0.2) is 54.6 Å². The summed E-state index contributed by atoms with van der Waals surface area (Å²) in [6.07, 6.45) is -0.669. The van der Waals surface area contributed by atoms with Gasteiger partial charge in [-0.15, -0.1) is 0 Å². The highest BCUT2D eigenvalue weighted by atomic mass is 16.6. The minimum atomic E-state index is -0.669. The second kappa shape index (κ2) is 7.09. The van der Waals surface area contributed by atoms with Crippen molar-refractivity contribution in [2.24, 2.45) is 0 Å². The molecule has 5 nitrogen and oxygen atoms in total. The molecule has 5 heteroatoms. The Kier molecular flexibility index (Phi) is 4.93. The van der Waals surface area contributed by atoms with E-state index in [2.05, 4.69) is 5.32 Å². The fourth-order valence-electron chi connectivity index (χ4n) is 1.70. The molecule has 0 spiro atoms. The van der Waals surface area contributed by atoms with Gasteiger partial charge in [-0.1, -0.05) is 30.3 Å². The molecule has 1 N–H and O–H groups in total. The molecular weight excluding hydrogens is 270 g/mol. The largest absolute Gasteiger partial charge is 0.462 e. The zero-order valence-electron chi connectivity index (χ0n) is 11.5. The highest BCUT2D eigenvalue weighted by Crippen LogP contribution is 2.19. The Bertz CT molecular complexity index is 625. The number of para-hydroxylation sites is 2. The molecule has 0 saturated heterocycles. The normalized spacial score (nSPS) is 9.76. The van der Waals surface area contributed by atoms with Crippen molar-refractivity contribution in [1.82, 2.24) is 0 Å². The van der Waals surface area contributed by atoms with Crippen LogP contribution < -0.4 is 10.1 Å². The van der Waals surface area contributed by atoms with Gasteiger partial charge in [0, 0.05) is 5.69 Å². The second-order valence-corrected chi connectivity index (χ2v) is 4.10. The maximum absolute atomic E-state index is 11.8. The van der Waals surface area contributed by atoms with Crippen LogP contribution in [-0.2, 0) is 4.74 Å². The SMILES string of the molecule is CCOC(=O)c1ccccc1OC(=O)Nc1ccccc1. The van der Waals surface area contributed by atoms with Crippen LogP contribution >= 0.6 is 0 Å². The lowest BCUT2D eigenvalue weighted by Gasteiger charge is -2.10. The molecule has 2 aromatic carbocycles. The summed E-state index contributed by atoms with van der Waals surface area (Å²) in [6.45, 7) is 1.97. The molecule has 1 amide bonds. The van der Waals surface area contributed by atoms with Crippen LogP contribution in [0.25, 0.3) is 0 Å². The summed E-state index contributed by atoms with van der Waals surface area (Å²) in [5.74, 6) is -0.370. The molecule has 0 aliphatic heterocycles. The molecule has 0 fully saturated rings. The van der Waals surface area contributed by atoms with Crippen molar-refractivity contribution in [1.29, 1.82) is 0 Å². The van der Waals surface area contributed by atoms with Crippen LogP contribution in [0, 0.1) is 0 Å². The molecule has 0 aromatic heterocycles. The maximum Gasteiger partial charge on any atom is 0.417 e. The Morgan fingerprint density at radius 3 is 2.38 bits per heavy atom. The number of hydrogen-bond donors (Lipinski definition) is 1. The Hall–Kier alpha value is -2.82. The second-order valence-electron chi connectivity index (χ2n) is 4.10. The van der Waals surface area contributed by atoms with Gasteiger partial charge in [0.15, 0.2) is 0 Å². The van der Waals surface area contributed by atoms with Crippen LogP contribution in [0.4, 0.5) is 10.5 Å².